The number of nitrogens with zero attached hydrogens (tertiary/aromatic N) is 4. The van der Waals surface area contributed by atoms with E-state index < -0.39 is 22.7 Å². The molecule has 4 aromatic rings. The summed E-state index contributed by atoms with van der Waals surface area (Å²) in [4.78, 5) is 38.9. The molecular weight excluding hydrogens is 588 g/mol. The Hall–Kier alpha value is -4.55. The first-order valence-corrected chi connectivity index (χ1v) is 15.4. The van der Waals surface area contributed by atoms with Crippen molar-refractivity contribution in [1.82, 2.24) is 10.2 Å². The molecule has 1 N–H and O–H groups in total. The molecule has 1 atom stereocenters. The number of aromatic nitrogens is 2. The second-order valence-electron chi connectivity index (χ2n) is 9.87. The van der Waals surface area contributed by atoms with E-state index in [2.05, 4.69) is 17.1 Å². The van der Waals surface area contributed by atoms with E-state index >= 15 is 0 Å². The quantitative estimate of drug-likeness (QED) is 0.0280. The number of nitro groups is 1. The second kappa shape index (κ2) is 13.2. The molecule has 43 heavy (non-hydrogen) atoms. The number of carbonyl (C=O) groups is 2. The number of rotatable bonds is 11. The van der Waals surface area contributed by atoms with E-state index in [9.17, 15) is 24.8 Å². The summed E-state index contributed by atoms with van der Waals surface area (Å²) in [5.74, 6) is -0.897. The van der Waals surface area contributed by atoms with E-state index in [1.807, 2.05) is 31.2 Å². The third-order valence-corrected chi connectivity index (χ3v) is 8.97. The number of unbranched alkanes of at least 4 members (excludes halogenated alkanes) is 1. The number of ketones is 1. The lowest BCUT2D eigenvalue weighted by Crippen LogP contribution is -2.29. The van der Waals surface area contributed by atoms with E-state index in [1.165, 1.54) is 40.9 Å². The second-order valence-corrected chi connectivity index (χ2v) is 12.0. The number of hydrogen-bond acceptors (Lipinski definition) is 10. The number of hydrogen-bond donors (Lipinski definition) is 1. The number of amides is 1. The Morgan fingerprint density at radius 3 is 2.40 bits per heavy atom. The van der Waals surface area contributed by atoms with Crippen LogP contribution in [0.5, 0.6) is 5.75 Å². The first kappa shape index (κ1) is 29.9. The molecule has 1 aromatic heterocycles. The summed E-state index contributed by atoms with van der Waals surface area (Å²) in [6, 6.07) is 19.1. The fourth-order valence-corrected chi connectivity index (χ4v) is 6.33. The molecule has 12 heteroatoms. The highest BCUT2D eigenvalue weighted by Crippen LogP contribution is 2.44. The summed E-state index contributed by atoms with van der Waals surface area (Å²) in [5.41, 5.74) is 2.67. The van der Waals surface area contributed by atoms with Gasteiger partial charge in [-0.2, -0.15) is 0 Å². The first-order chi connectivity index (χ1) is 20.8. The minimum atomic E-state index is -1.08. The lowest BCUT2D eigenvalue weighted by molar-refractivity contribution is -0.384. The Morgan fingerprint density at radius 1 is 1.05 bits per heavy atom. The van der Waals surface area contributed by atoms with Gasteiger partial charge in [0, 0.05) is 23.4 Å². The predicted octanol–water partition coefficient (Wildman–Crippen LogP) is 6.85. The number of aliphatic hydroxyl groups excluding tert-OH is 1. The summed E-state index contributed by atoms with van der Waals surface area (Å²) in [6.07, 6.45) is 1.89. The van der Waals surface area contributed by atoms with Gasteiger partial charge < -0.3 is 9.84 Å². The highest BCUT2D eigenvalue weighted by atomic mass is 32.2. The van der Waals surface area contributed by atoms with E-state index in [0.29, 0.717) is 33.6 Å². The summed E-state index contributed by atoms with van der Waals surface area (Å²) < 4.78 is 6.29. The summed E-state index contributed by atoms with van der Waals surface area (Å²) in [5, 5.41) is 31.3. The van der Waals surface area contributed by atoms with Gasteiger partial charge in [-0.15, -0.1) is 10.2 Å². The maximum absolute atomic E-state index is 13.5. The molecule has 3 aromatic carbocycles. The topological polar surface area (TPSA) is 136 Å². The summed E-state index contributed by atoms with van der Waals surface area (Å²) in [7, 11) is 0. The van der Waals surface area contributed by atoms with Gasteiger partial charge in [-0.1, -0.05) is 66.3 Å². The Morgan fingerprint density at radius 2 is 1.74 bits per heavy atom. The first-order valence-electron chi connectivity index (χ1n) is 13.6. The molecular formula is C31H28N4O6S2. The number of thioether (sulfide) groups is 1. The van der Waals surface area contributed by atoms with E-state index in [1.54, 1.807) is 24.3 Å². The summed E-state index contributed by atoms with van der Waals surface area (Å²) >= 11 is 2.60. The number of anilines is 1. The van der Waals surface area contributed by atoms with Crippen LogP contribution in [0.25, 0.3) is 5.76 Å². The number of non-ortho nitro benzene ring substituents is 1. The molecule has 0 bridgehead atoms. The van der Waals surface area contributed by atoms with Crippen LogP contribution in [-0.2, 0) is 15.3 Å². The molecule has 220 valence electrons. The molecule has 1 aliphatic rings. The van der Waals surface area contributed by atoms with Crippen molar-refractivity contribution in [2.45, 2.75) is 42.8 Å². The molecule has 1 amide bonds. The van der Waals surface area contributed by atoms with Crippen LogP contribution in [-0.4, -0.2) is 38.5 Å². The fraction of sp³-hybridized carbons (Fsp3) is 0.226. The molecule has 2 heterocycles. The molecule has 10 nitrogen and oxygen atoms in total. The van der Waals surface area contributed by atoms with Gasteiger partial charge >= 0.3 is 5.91 Å². The number of aliphatic hydroxyl groups is 1. The molecule has 0 saturated carbocycles. The smallest absolute Gasteiger partial charge is 0.301 e. The van der Waals surface area contributed by atoms with Gasteiger partial charge in [0.2, 0.25) is 5.13 Å². The third kappa shape index (κ3) is 6.60. The molecule has 1 saturated heterocycles. The highest BCUT2D eigenvalue weighted by Gasteiger charge is 2.48. The van der Waals surface area contributed by atoms with Crippen LogP contribution in [0.2, 0.25) is 0 Å². The fourth-order valence-electron chi connectivity index (χ4n) is 4.51. The van der Waals surface area contributed by atoms with Crippen LogP contribution in [0, 0.1) is 17.0 Å². The van der Waals surface area contributed by atoms with Gasteiger partial charge in [-0.25, -0.2) is 0 Å². The Kier molecular flexibility index (Phi) is 9.17. The van der Waals surface area contributed by atoms with Crippen molar-refractivity contribution < 1.29 is 24.4 Å². The van der Waals surface area contributed by atoms with Crippen molar-refractivity contribution in [2.24, 2.45) is 0 Å². The van der Waals surface area contributed by atoms with Crippen LogP contribution < -0.4 is 9.64 Å². The average molecular weight is 617 g/mol. The van der Waals surface area contributed by atoms with Crippen LogP contribution >= 0.6 is 23.1 Å². The van der Waals surface area contributed by atoms with Crippen molar-refractivity contribution in [3.63, 3.8) is 0 Å². The lowest BCUT2D eigenvalue weighted by Gasteiger charge is -2.22. The molecule has 0 radical (unpaired) electrons. The molecule has 0 spiro atoms. The van der Waals surface area contributed by atoms with Gasteiger partial charge in [0.15, 0.2) is 4.34 Å². The largest absolute Gasteiger partial charge is 0.507 e. The maximum atomic E-state index is 13.5. The summed E-state index contributed by atoms with van der Waals surface area (Å²) in [6.45, 7) is 4.64. The average Bonchev–Trinajstić information content (AvgIpc) is 3.58. The minimum Gasteiger partial charge on any atom is -0.507 e. The number of nitro benzene ring substituents is 1. The van der Waals surface area contributed by atoms with Crippen LogP contribution in [0.3, 0.4) is 0 Å². The zero-order valence-corrected chi connectivity index (χ0v) is 25.1. The maximum Gasteiger partial charge on any atom is 0.301 e. The van der Waals surface area contributed by atoms with E-state index in [0.717, 1.165) is 35.3 Å². The van der Waals surface area contributed by atoms with Gasteiger partial charge in [0.25, 0.3) is 11.5 Å². The number of aryl methyl sites for hydroxylation is 1. The monoisotopic (exact) mass is 616 g/mol. The van der Waals surface area contributed by atoms with Crippen LogP contribution in [0.4, 0.5) is 10.8 Å². The Labute approximate surface area is 256 Å². The van der Waals surface area contributed by atoms with Crippen molar-refractivity contribution >= 4 is 51.4 Å². The lowest BCUT2D eigenvalue weighted by atomic mass is 9.95. The predicted molar refractivity (Wildman–Crippen MR) is 165 cm³/mol. The van der Waals surface area contributed by atoms with Crippen molar-refractivity contribution in [2.75, 3.05) is 11.5 Å². The number of ether oxygens (including phenoxy) is 1. The zero-order valence-electron chi connectivity index (χ0n) is 23.4. The molecule has 5 rings (SSSR count). The third-order valence-electron chi connectivity index (χ3n) is 6.84. The Balaban J connectivity index is 1.50. The van der Waals surface area contributed by atoms with Crippen molar-refractivity contribution in [3.05, 3.63) is 111 Å². The van der Waals surface area contributed by atoms with Crippen molar-refractivity contribution in [1.29, 1.82) is 0 Å². The van der Waals surface area contributed by atoms with Gasteiger partial charge in [0.05, 0.1) is 23.1 Å². The van der Waals surface area contributed by atoms with Gasteiger partial charge in [0.1, 0.15) is 11.5 Å². The van der Waals surface area contributed by atoms with Crippen LogP contribution in [0.1, 0.15) is 48.1 Å². The normalized spacial score (nSPS) is 16.0. The Bertz CT molecular complexity index is 1670. The number of benzene rings is 3. The minimum absolute atomic E-state index is 0.148. The standard InChI is InChI=1S/C31H28N4O6S2/c1-3-4-17-41-24-15-11-22(12-16-24)27(36)25-26(21-9-13-23(14-10-21)35(39)40)34(29(38)28(25)37)30-32-33-31(43-30)42-18-20-7-5-19(2)6-8-20/h5-16,26,36H,3-4,17-18H2,1-2H3/t26-/m0/s1. The molecule has 0 unspecified atom stereocenters. The zero-order chi connectivity index (χ0) is 30.5. The number of Topliss-reactive ketones (excluding diaryl/α,β-unsaturated/α-hetero) is 1. The van der Waals surface area contributed by atoms with Crippen LogP contribution in [0.15, 0.2) is 82.7 Å². The van der Waals surface area contributed by atoms with Gasteiger partial charge in [-0.3, -0.25) is 24.6 Å². The van der Waals surface area contributed by atoms with E-state index in [4.69, 9.17) is 4.74 Å². The number of carbonyl (C=O) groups excluding carboxylic acids is 2. The highest BCUT2D eigenvalue weighted by molar-refractivity contribution is 8.00. The molecule has 1 aliphatic heterocycles. The van der Waals surface area contributed by atoms with Crippen molar-refractivity contribution in [3.8, 4) is 5.75 Å². The SMILES string of the molecule is CCCCOc1ccc(C(O)=C2C(=O)C(=O)N(c3nnc(SCc4ccc(C)cc4)s3)[C@H]2c2ccc([N+](=O)[O-])cc2)cc1. The molecule has 0 aliphatic carbocycles. The van der Waals surface area contributed by atoms with Gasteiger partial charge in [-0.05, 0) is 60.9 Å². The molecule has 1 fully saturated rings. The van der Waals surface area contributed by atoms with E-state index in [-0.39, 0.29) is 22.2 Å².